The minimum Gasteiger partial charge on any atom is -0.324 e. The number of hydrogen-bond acceptors (Lipinski definition) is 1. The van der Waals surface area contributed by atoms with E-state index in [1.807, 2.05) is 11.6 Å². The molecule has 1 heterocycles. The van der Waals surface area contributed by atoms with Crippen LogP contribution in [0, 0.1) is 195 Å². The average molecular weight is 564 g/mol. The lowest BCUT2D eigenvalue weighted by atomic mass is 10.1. The highest BCUT2D eigenvalue weighted by Crippen LogP contribution is 2.05. The summed E-state index contributed by atoms with van der Waals surface area (Å²) in [7, 11) is 1.86. The van der Waals surface area contributed by atoms with E-state index in [2.05, 4.69) is 195 Å². The second kappa shape index (κ2) is 25.8. The van der Waals surface area contributed by atoms with Crippen LogP contribution >= 0.6 is 0 Å². The van der Waals surface area contributed by atoms with Gasteiger partial charge in [0, 0.05) is 12.1 Å². The molecule has 0 spiro atoms. The quantitative estimate of drug-likeness (QED) is 0.426. The van der Waals surface area contributed by atoms with Crippen LogP contribution in [0.25, 0.3) is 0 Å². The average Bonchev–Trinajstić information content (AvgIpc) is 3.04. The Bertz CT molecular complexity index is 2230. The van der Waals surface area contributed by atoms with Crippen LogP contribution in [0.2, 0.25) is 0 Å². The molecule has 1 aromatic heterocycles. The van der Waals surface area contributed by atoms with Gasteiger partial charge in [0.15, 0.2) is 18.3 Å². The second-order valence-corrected chi connectivity index (χ2v) is 6.96. The zero-order valence-electron chi connectivity index (χ0n) is 24.2. The molecule has 0 atom stereocenters. The normalized spacial score (nSPS) is 5.78. The SMILES string of the molecule is CC#CC#CC#CC#CC#CC#CC#CC#CC(C#CC#CC#CC#CC#CC#CC#CC#CC)C(=O)Nc1cc[n+](C)cc1. The summed E-state index contributed by atoms with van der Waals surface area (Å²) in [5.74, 6) is 79.9. The van der Waals surface area contributed by atoms with E-state index < -0.39 is 11.8 Å². The van der Waals surface area contributed by atoms with Gasteiger partial charge in [-0.2, -0.15) is 0 Å². The lowest BCUT2D eigenvalue weighted by Crippen LogP contribution is -2.27. The molecule has 0 saturated heterocycles. The van der Waals surface area contributed by atoms with Crippen molar-refractivity contribution in [1.29, 1.82) is 0 Å². The molecule has 1 rings (SSSR count). The Hall–Kier alpha value is -8.42. The Balaban J connectivity index is 2.95. The molecule has 0 aliphatic rings. The van der Waals surface area contributed by atoms with Crippen LogP contribution < -0.4 is 9.88 Å². The molecular formula is C42H15N2O+. The Labute approximate surface area is 266 Å². The van der Waals surface area contributed by atoms with Gasteiger partial charge in [0.1, 0.15) is 7.05 Å². The fourth-order valence-corrected chi connectivity index (χ4v) is 2.06. The summed E-state index contributed by atoms with van der Waals surface area (Å²) in [5, 5.41) is 2.76. The van der Waals surface area contributed by atoms with Crippen LogP contribution in [-0.4, -0.2) is 5.91 Å². The summed E-state index contributed by atoms with van der Waals surface area (Å²) in [6.45, 7) is 3.37. The van der Waals surface area contributed by atoms with Crippen molar-refractivity contribution in [3.8, 4) is 189 Å². The first-order valence-corrected chi connectivity index (χ1v) is 12.3. The fraction of sp³-hybridized carbons (Fsp3) is 0.0952. The van der Waals surface area contributed by atoms with Crippen molar-refractivity contribution in [1.82, 2.24) is 0 Å². The molecular weight excluding hydrogens is 548 g/mol. The lowest BCUT2D eigenvalue weighted by molar-refractivity contribution is -0.671. The summed E-state index contributed by atoms with van der Waals surface area (Å²) in [5.41, 5.74) is 0.582. The van der Waals surface area contributed by atoms with Crippen LogP contribution in [0.4, 0.5) is 5.69 Å². The standard InChI is InChI=1S/C42H14N2O/c1-4-6-8-10-12-14-16-18-20-22-24-26-28-30-32-34-40(42(45)43-41-36-38-44(3)39-37-41)35-33-31-29-27-25-23-21-19-17-15-13-11-9-7-5-2/h36-40H,1-3H3/p+1. The van der Waals surface area contributed by atoms with Crippen LogP contribution in [0.15, 0.2) is 24.5 Å². The number of nitrogens with one attached hydrogen (secondary N) is 1. The molecule has 198 valence electrons. The number of nitrogens with zero attached hydrogens (tertiary/aromatic N) is 1. The predicted molar refractivity (Wildman–Crippen MR) is 176 cm³/mol. The summed E-state index contributed by atoms with van der Waals surface area (Å²) in [6.07, 6.45) is 3.58. The number of amides is 1. The van der Waals surface area contributed by atoms with Crippen LogP contribution in [0.1, 0.15) is 13.8 Å². The molecule has 0 aliphatic heterocycles. The topological polar surface area (TPSA) is 33.0 Å². The van der Waals surface area contributed by atoms with Crippen molar-refractivity contribution in [2.24, 2.45) is 13.0 Å². The van der Waals surface area contributed by atoms with Crippen LogP contribution in [-0.2, 0) is 11.8 Å². The number of carbonyl (C=O) groups excluding carboxylic acids is 1. The third-order valence-corrected chi connectivity index (χ3v) is 3.82. The van der Waals surface area contributed by atoms with E-state index in [9.17, 15) is 4.79 Å². The number of anilines is 1. The maximum absolute atomic E-state index is 12.8. The monoisotopic (exact) mass is 563 g/mol. The second-order valence-electron chi connectivity index (χ2n) is 6.96. The minimum absolute atomic E-state index is 0.446. The number of aryl methyl sites for hydroxylation is 1. The highest BCUT2D eigenvalue weighted by Gasteiger charge is 2.13. The Morgan fingerprint density at radius 3 is 1.04 bits per heavy atom. The molecule has 0 unspecified atom stereocenters. The van der Waals surface area contributed by atoms with Gasteiger partial charge in [-0.15, -0.1) is 0 Å². The molecule has 0 radical (unpaired) electrons. The van der Waals surface area contributed by atoms with E-state index in [0.717, 1.165) is 0 Å². The van der Waals surface area contributed by atoms with E-state index >= 15 is 0 Å². The molecule has 0 saturated carbocycles. The molecule has 3 nitrogen and oxygen atoms in total. The minimum atomic E-state index is -1.02. The summed E-state index contributed by atoms with van der Waals surface area (Å²) in [6, 6.07) is 3.48. The van der Waals surface area contributed by atoms with Crippen molar-refractivity contribution in [2.75, 3.05) is 5.32 Å². The smallest absolute Gasteiger partial charge is 0.251 e. The summed E-state index contributed by atoms with van der Waals surface area (Å²) >= 11 is 0. The van der Waals surface area contributed by atoms with Gasteiger partial charge in [-0.3, -0.25) is 4.79 Å². The molecule has 45 heavy (non-hydrogen) atoms. The van der Waals surface area contributed by atoms with Crippen molar-refractivity contribution in [2.45, 2.75) is 13.8 Å². The third kappa shape index (κ3) is 21.1. The summed E-state index contributed by atoms with van der Waals surface area (Å²) in [4.78, 5) is 12.8. The molecule has 0 bridgehead atoms. The van der Waals surface area contributed by atoms with Crippen molar-refractivity contribution in [3.63, 3.8) is 0 Å². The van der Waals surface area contributed by atoms with Gasteiger partial charge in [0.25, 0.3) is 5.91 Å². The van der Waals surface area contributed by atoms with Gasteiger partial charge in [-0.05, 0) is 180 Å². The highest BCUT2D eigenvalue weighted by atomic mass is 16.1. The Morgan fingerprint density at radius 2 is 0.756 bits per heavy atom. The van der Waals surface area contributed by atoms with E-state index in [1.165, 1.54) is 0 Å². The van der Waals surface area contributed by atoms with Crippen LogP contribution in [0.3, 0.4) is 0 Å². The zero-order valence-corrected chi connectivity index (χ0v) is 24.2. The molecule has 1 aromatic rings. The molecule has 1 amide bonds. The number of pyridine rings is 1. The number of hydrogen-bond donors (Lipinski definition) is 1. The lowest BCUT2D eigenvalue weighted by Gasteiger charge is -2.05. The molecule has 0 fully saturated rings. The van der Waals surface area contributed by atoms with Crippen molar-refractivity contribution < 1.29 is 9.36 Å². The van der Waals surface area contributed by atoms with E-state index in [0.29, 0.717) is 5.69 Å². The third-order valence-electron chi connectivity index (χ3n) is 3.82. The van der Waals surface area contributed by atoms with Crippen LogP contribution in [0.5, 0.6) is 0 Å². The van der Waals surface area contributed by atoms with Gasteiger partial charge in [0.05, 0.1) is 5.69 Å². The fourth-order valence-electron chi connectivity index (χ4n) is 2.06. The Morgan fingerprint density at radius 1 is 0.489 bits per heavy atom. The van der Waals surface area contributed by atoms with Gasteiger partial charge in [-0.25, -0.2) is 4.57 Å². The molecule has 0 aliphatic carbocycles. The van der Waals surface area contributed by atoms with Gasteiger partial charge in [-0.1, -0.05) is 23.7 Å². The number of aromatic nitrogens is 1. The van der Waals surface area contributed by atoms with E-state index in [-0.39, 0.29) is 0 Å². The maximum atomic E-state index is 12.8. The first-order chi connectivity index (χ1) is 22.2. The Kier molecular flexibility index (Phi) is 19.9. The summed E-state index contributed by atoms with van der Waals surface area (Å²) < 4.78 is 1.83. The van der Waals surface area contributed by atoms with Crippen molar-refractivity contribution >= 4 is 11.6 Å². The van der Waals surface area contributed by atoms with Gasteiger partial charge in [0.2, 0.25) is 0 Å². The van der Waals surface area contributed by atoms with E-state index in [4.69, 9.17) is 0 Å². The number of rotatable bonds is 2. The number of carbonyl (C=O) groups is 1. The molecule has 0 aromatic carbocycles. The van der Waals surface area contributed by atoms with Gasteiger partial charge < -0.3 is 5.32 Å². The predicted octanol–water partition coefficient (Wildman–Crippen LogP) is 1.16. The molecule has 3 heteroatoms. The zero-order chi connectivity index (χ0) is 32.5. The first-order valence-electron chi connectivity index (χ1n) is 12.3. The first kappa shape index (κ1) is 34.6. The highest BCUT2D eigenvalue weighted by molar-refractivity contribution is 5.96. The maximum Gasteiger partial charge on any atom is 0.251 e. The van der Waals surface area contributed by atoms with Gasteiger partial charge >= 0.3 is 0 Å². The molecule has 1 N–H and O–H groups in total. The van der Waals surface area contributed by atoms with E-state index in [1.54, 1.807) is 38.4 Å². The van der Waals surface area contributed by atoms with Crippen molar-refractivity contribution in [3.05, 3.63) is 24.5 Å². The largest absolute Gasteiger partial charge is 0.324 e.